The fourth-order valence-electron chi connectivity index (χ4n) is 3.76. The third-order valence-corrected chi connectivity index (χ3v) is 5.26. The van der Waals surface area contributed by atoms with Gasteiger partial charge in [0.05, 0.1) is 22.5 Å². The second-order valence-corrected chi connectivity index (χ2v) is 7.57. The maximum absolute atomic E-state index is 13.0. The summed E-state index contributed by atoms with van der Waals surface area (Å²) in [5.41, 5.74) is 2.43. The van der Waals surface area contributed by atoms with Crippen molar-refractivity contribution in [2.24, 2.45) is 7.05 Å². The number of aliphatic hydroxyl groups is 1. The van der Waals surface area contributed by atoms with E-state index in [1.165, 1.54) is 4.90 Å². The zero-order valence-electron chi connectivity index (χ0n) is 17.5. The summed E-state index contributed by atoms with van der Waals surface area (Å²) in [6.07, 6.45) is 2.32. The van der Waals surface area contributed by atoms with Crippen LogP contribution < -0.4 is 0 Å². The molecule has 0 aromatic carbocycles. The van der Waals surface area contributed by atoms with Crippen LogP contribution in [-0.4, -0.2) is 68.5 Å². The van der Waals surface area contributed by atoms with Crippen LogP contribution in [0.1, 0.15) is 35.1 Å². The van der Waals surface area contributed by atoms with Gasteiger partial charge >= 0.3 is 0 Å². The first-order valence-corrected chi connectivity index (χ1v) is 9.58. The van der Waals surface area contributed by atoms with Crippen molar-refractivity contribution in [2.75, 3.05) is 27.2 Å². The molecule has 1 saturated heterocycles. The molecule has 1 N–H and O–H groups in total. The molecule has 0 bridgehead atoms. The molecule has 2 aromatic heterocycles. The molecule has 1 amide bonds. The molecule has 0 unspecified atom stereocenters. The Morgan fingerprint density at radius 1 is 1.24 bits per heavy atom. The number of hydrogen-bond acceptors (Lipinski definition) is 6. The highest BCUT2D eigenvalue weighted by molar-refractivity contribution is 6.46. The van der Waals surface area contributed by atoms with Crippen molar-refractivity contribution in [1.82, 2.24) is 24.6 Å². The van der Waals surface area contributed by atoms with E-state index in [2.05, 4.69) is 10.1 Å². The molecule has 1 aliphatic rings. The normalized spacial score (nSPS) is 18.8. The standard InChI is InChI=1S/C21H27N5O3/c1-13-16(14(2)25(5)23-13)19(27)17-18(15-9-6-7-10-22-15)26(21(29)20(17)28)12-8-11-24(3)4/h6-7,9-10,18,27H,8,11-12H2,1-5H3/b19-17+/t18-/m0/s1. The smallest absolute Gasteiger partial charge is 0.295 e. The third-order valence-electron chi connectivity index (χ3n) is 5.26. The van der Waals surface area contributed by atoms with Gasteiger partial charge in [0, 0.05) is 25.5 Å². The van der Waals surface area contributed by atoms with Crippen LogP contribution in [0.3, 0.4) is 0 Å². The van der Waals surface area contributed by atoms with E-state index >= 15 is 0 Å². The van der Waals surface area contributed by atoms with Crippen molar-refractivity contribution in [3.8, 4) is 0 Å². The quantitative estimate of drug-likeness (QED) is 0.454. The maximum Gasteiger partial charge on any atom is 0.295 e. The van der Waals surface area contributed by atoms with E-state index < -0.39 is 17.7 Å². The van der Waals surface area contributed by atoms with Gasteiger partial charge in [0.25, 0.3) is 11.7 Å². The molecule has 3 rings (SSSR count). The lowest BCUT2D eigenvalue weighted by Gasteiger charge is -2.25. The summed E-state index contributed by atoms with van der Waals surface area (Å²) in [6.45, 7) is 4.76. The Morgan fingerprint density at radius 3 is 2.52 bits per heavy atom. The molecule has 1 atom stereocenters. The van der Waals surface area contributed by atoms with Gasteiger partial charge in [0.1, 0.15) is 11.8 Å². The van der Waals surface area contributed by atoms with Crippen LogP contribution in [0.25, 0.3) is 5.76 Å². The molecular weight excluding hydrogens is 370 g/mol. The van der Waals surface area contributed by atoms with Gasteiger partial charge in [0.2, 0.25) is 0 Å². The van der Waals surface area contributed by atoms with Crippen molar-refractivity contribution in [2.45, 2.75) is 26.3 Å². The van der Waals surface area contributed by atoms with Crippen LogP contribution in [-0.2, 0) is 16.6 Å². The van der Waals surface area contributed by atoms with Gasteiger partial charge in [-0.15, -0.1) is 0 Å². The van der Waals surface area contributed by atoms with Gasteiger partial charge in [0.15, 0.2) is 0 Å². The molecule has 0 spiro atoms. The molecule has 1 aliphatic heterocycles. The van der Waals surface area contributed by atoms with Crippen LogP contribution in [0.2, 0.25) is 0 Å². The Balaban J connectivity index is 2.13. The highest BCUT2D eigenvalue weighted by Gasteiger charge is 2.46. The Labute approximate surface area is 170 Å². The zero-order chi connectivity index (χ0) is 21.3. The summed E-state index contributed by atoms with van der Waals surface area (Å²) >= 11 is 0. The van der Waals surface area contributed by atoms with Gasteiger partial charge in [-0.2, -0.15) is 5.10 Å². The van der Waals surface area contributed by atoms with E-state index in [4.69, 9.17) is 0 Å². The lowest BCUT2D eigenvalue weighted by molar-refractivity contribution is -0.140. The number of hydrogen-bond donors (Lipinski definition) is 1. The molecule has 8 heteroatoms. The monoisotopic (exact) mass is 397 g/mol. The third kappa shape index (κ3) is 3.80. The minimum atomic E-state index is -0.725. The number of aliphatic hydroxyl groups excluding tert-OH is 1. The Kier molecular flexibility index (Phi) is 5.83. The number of amides is 1. The fraction of sp³-hybridized carbons (Fsp3) is 0.429. The summed E-state index contributed by atoms with van der Waals surface area (Å²) < 4.78 is 1.65. The second-order valence-electron chi connectivity index (χ2n) is 7.57. The largest absolute Gasteiger partial charge is 0.507 e. The minimum Gasteiger partial charge on any atom is -0.507 e. The fourth-order valence-corrected chi connectivity index (χ4v) is 3.76. The minimum absolute atomic E-state index is 0.0674. The van der Waals surface area contributed by atoms with Crippen LogP contribution in [0.4, 0.5) is 0 Å². The molecule has 3 heterocycles. The highest BCUT2D eigenvalue weighted by Crippen LogP contribution is 2.39. The zero-order valence-corrected chi connectivity index (χ0v) is 17.5. The van der Waals surface area contributed by atoms with Crippen molar-refractivity contribution < 1.29 is 14.7 Å². The Hall–Kier alpha value is -3.00. The predicted molar refractivity (Wildman–Crippen MR) is 109 cm³/mol. The number of nitrogens with zero attached hydrogens (tertiary/aromatic N) is 5. The number of Topliss-reactive ketones (excluding diaryl/α,β-unsaturated/α-hetero) is 1. The first-order chi connectivity index (χ1) is 13.7. The van der Waals surface area contributed by atoms with E-state index in [1.807, 2.05) is 32.0 Å². The first kappa shape index (κ1) is 20.7. The van der Waals surface area contributed by atoms with Gasteiger partial charge in [-0.3, -0.25) is 19.3 Å². The van der Waals surface area contributed by atoms with Crippen molar-refractivity contribution >= 4 is 17.4 Å². The molecule has 154 valence electrons. The van der Waals surface area contributed by atoms with E-state index in [0.29, 0.717) is 29.9 Å². The molecule has 0 aliphatic carbocycles. The number of ketones is 1. The molecule has 29 heavy (non-hydrogen) atoms. The van der Waals surface area contributed by atoms with E-state index in [0.717, 1.165) is 12.2 Å². The van der Waals surface area contributed by atoms with Crippen molar-refractivity contribution in [3.05, 3.63) is 52.6 Å². The van der Waals surface area contributed by atoms with Crippen LogP contribution in [0.5, 0.6) is 0 Å². The number of aryl methyl sites for hydroxylation is 2. The van der Waals surface area contributed by atoms with Gasteiger partial charge < -0.3 is 14.9 Å². The number of carbonyl (C=O) groups is 2. The number of aromatic nitrogens is 3. The predicted octanol–water partition coefficient (Wildman–Crippen LogP) is 1.81. The summed E-state index contributed by atoms with van der Waals surface area (Å²) in [7, 11) is 5.69. The SMILES string of the molecule is Cc1nn(C)c(C)c1/C(O)=C1\C(=O)C(=O)N(CCCN(C)C)[C@H]1c1ccccn1. The summed E-state index contributed by atoms with van der Waals surface area (Å²) in [5, 5.41) is 15.5. The summed E-state index contributed by atoms with van der Waals surface area (Å²) in [6, 6.07) is 4.63. The molecule has 1 fully saturated rings. The number of likely N-dealkylation sites (tertiary alicyclic amines) is 1. The molecule has 0 radical (unpaired) electrons. The van der Waals surface area contributed by atoms with E-state index in [1.54, 1.807) is 37.0 Å². The Morgan fingerprint density at radius 2 is 1.97 bits per heavy atom. The second kappa shape index (κ2) is 8.16. The van der Waals surface area contributed by atoms with Crippen LogP contribution in [0.15, 0.2) is 30.0 Å². The van der Waals surface area contributed by atoms with Gasteiger partial charge in [-0.05, 0) is 53.0 Å². The van der Waals surface area contributed by atoms with Crippen molar-refractivity contribution in [3.63, 3.8) is 0 Å². The molecule has 0 saturated carbocycles. The van der Waals surface area contributed by atoms with Crippen LogP contribution >= 0.6 is 0 Å². The Bertz CT molecular complexity index is 962. The lowest BCUT2D eigenvalue weighted by atomic mass is 9.97. The lowest BCUT2D eigenvalue weighted by Crippen LogP contribution is -2.32. The van der Waals surface area contributed by atoms with Gasteiger partial charge in [-0.1, -0.05) is 6.07 Å². The van der Waals surface area contributed by atoms with E-state index in [-0.39, 0.29) is 11.3 Å². The first-order valence-electron chi connectivity index (χ1n) is 9.58. The number of rotatable bonds is 6. The molecule has 2 aromatic rings. The topological polar surface area (TPSA) is 91.6 Å². The molecular formula is C21H27N5O3. The van der Waals surface area contributed by atoms with E-state index in [9.17, 15) is 14.7 Å². The van der Waals surface area contributed by atoms with Crippen molar-refractivity contribution in [1.29, 1.82) is 0 Å². The van der Waals surface area contributed by atoms with Crippen LogP contribution in [0, 0.1) is 13.8 Å². The number of carbonyl (C=O) groups excluding carboxylic acids is 2. The highest BCUT2D eigenvalue weighted by atomic mass is 16.3. The average molecular weight is 397 g/mol. The average Bonchev–Trinajstić information content (AvgIpc) is 3.08. The summed E-state index contributed by atoms with van der Waals surface area (Å²) in [4.78, 5) is 33.7. The number of pyridine rings is 1. The molecule has 8 nitrogen and oxygen atoms in total. The van der Waals surface area contributed by atoms with Gasteiger partial charge in [-0.25, -0.2) is 0 Å². The summed E-state index contributed by atoms with van der Waals surface area (Å²) in [5.74, 6) is -1.50. The maximum atomic E-state index is 13.0.